The van der Waals surface area contributed by atoms with Crippen molar-refractivity contribution in [3.05, 3.63) is 108 Å². The molecule has 0 radical (unpaired) electrons. The molecule has 210 valence electrons. The van der Waals surface area contributed by atoms with Crippen LogP contribution in [0.4, 0.5) is 11.5 Å². The van der Waals surface area contributed by atoms with E-state index < -0.39 is 5.41 Å². The van der Waals surface area contributed by atoms with Crippen molar-refractivity contribution in [1.29, 1.82) is 5.26 Å². The number of benzene rings is 2. The van der Waals surface area contributed by atoms with E-state index >= 15 is 0 Å². The zero-order valence-corrected chi connectivity index (χ0v) is 24.3. The van der Waals surface area contributed by atoms with E-state index in [0.29, 0.717) is 23.5 Å². The molecular weight excluding hydrogens is 524 g/mol. The maximum Gasteiger partial charge on any atom is 0.255 e. The molecule has 5 rings (SSSR count). The predicted molar refractivity (Wildman–Crippen MR) is 166 cm³/mol. The standard InChI is InChI=1S/C34H32N6O2/c1-22-6-9-27(39-33(41)24-12-13-36-31(15-24)34(2,3)21-35)16-29(22)25-14-26-19-38-32(17-30(26)37-18-25)40(4)20-23-7-10-28(42-5)11-8-23/h6-19H,20H2,1-5H3,(H,39,41). The Hall–Kier alpha value is -5.29. The van der Waals surface area contributed by atoms with Gasteiger partial charge >= 0.3 is 0 Å². The summed E-state index contributed by atoms with van der Waals surface area (Å²) in [4.78, 5) is 28.9. The van der Waals surface area contributed by atoms with Crippen molar-refractivity contribution in [3.63, 3.8) is 0 Å². The second kappa shape index (κ2) is 11.7. The number of nitrogens with one attached hydrogen (secondary N) is 1. The van der Waals surface area contributed by atoms with Gasteiger partial charge in [0.2, 0.25) is 0 Å². The van der Waals surface area contributed by atoms with Crippen LogP contribution in [-0.4, -0.2) is 35.0 Å². The van der Waals surface area contributed by atoms with Gasteiger partial charge < -0.3 is 15.0 Å². The van der Waals surface area contributed by atoms with E-state index in [4.69, 9.17) is 14.7 Å². The smallest absolute Gasteiger partial charge is 0.255 e. The number of aromatic nitrogens is 3. The molecule has 0 saturated heterocycles. The van der Waals surface area contributed by atoms with E-state index in [2.05, 4.69) is 27.3 Å². The second-order valence-electron chi connectivity index (χ2n) is 10.8. The van der Waals surface area contributed by atoms with Gasteiger partial charge in [-0.3, -0.25) is 14.8 Å². The molecule has 1 amide bonds. The van der Waals surface area contributed by atoms with Crippen molar-refractivity contribution in [2.45, 2.75) is 32.7 Å². The number of fused-ring (bicyclic) bond motifs is 1. The molecule has 0 bridgehead atoms. The average Bonchev–Trinajstić information content (AvgIpc) is 3.01. The molecule has 1 N–H and O–H groups in total. The first-order valence-corrected chi connectivity index (χ1v) is 13.6. The van der Waals surface area contributed by atoms with Crippen molar-refractivity contribution in [1.82, 2.24) is 15.0 Å². The van der Waals surface area contributed by atoms with Crippen molar-refractivity contribution < 1.29 is 9.53 Å². The molecule has 42 heavy (non-hydrogen) atoms. The number of pyridine rings is 3. The Kier molecular flexibility index (Phi) is 7.85. The monoisotopic (exact) mass is 556 g/mol. The number of ether oxygens (including phenoxy) is 1. The number of aryl methyl sites for hydroxylation is 1. The van der Waals surface area contributed by atoms with E-state index in [9.17, 15) is 10.1 Å². The summed E-state index contributed by atoms with van der Waals surface area (Å²) in [6.07, 6.45) is 5.25. The van der Waals surface area contributed by atoms with Gasteiger partial charge in [-0.1, -0.05) is 18.2 Å². The molecule has 3 aromatic heterocycles. The molecule has 2 aromatic carbocycles. The summed E-state index contributed by atoms with van der Waals surface area (Å²) in [6, 6.07) is 23.4. The van der Waals surface area contributed by atoms with Crippen molar-refractivity contribution in [3.8, 4) is 22.9 Å². The van der Waals surface area contributed by atoms with Gasteiger partial charge in [0.15, 0.2) is 0 Å². The van der Waals surface area contributed by atoms with Gasteiger partial charge in [0.05, 0.1) is 29.8 Å². The normalized spacial score (nSPS) is 11.1. The number of hydrogen-bond donors (Lipinski definition) is 1. The summed E-state index contributed by atoms with van der Waals surface area (Å²) in [5.41, 5.74) is 5.81. The first-order valence-electron chi connectivity index (χ1n) is 13.6. The highest BCUT2D eigenvalue weighted by Gasteiger charge is 2.22. The second-order valence-corrected chi connectivity index (χ2v) is 10.8. The summed E-state index contributed by atoms with van der Waals surface area (Å²) in [7, 11) is 3.67. The van der Waals surface area contributed by atoms with Crippen LogP contribution in [0.3, 0.4) is 0 Å². The Bertz CT molecular complexity index is 1810. The predicted octanol–water partition coefficient (Wildman–Crippen LogP) is 6.70. The Morgan fingerprint density at radius 2 is 1.79 bits per heavy atom. The maximum absolute atomic E-state index is 13.1. The van der Waals surface area contributed by atoms with E-state index in [1.54, 1.807) is 39.3 Å². The highest BCUT2D eigenvalue weighted by Crippen LogP contribution is 2.30. The fourth-order valence-corrected chi connectivity index (χ4v) is 4.64. The third kappa shape index (κ3) is 6.06. The molecule has 3 heterocycles. The lowest BCUT2D eigenvalue weighted by molar-refractivity contribution is 0.102. The first-order chi connectivity index (χ1) is 20.2. The molecular formula is C34H32N6O2. The Labute approximate surface area is 245 Å². The number of carbonyl (C=O) groups excluding carboxylic acids is 1. The van der Waals surface area contributed by atoms with Crippen molar-refractivity contribution in [2.75, 3.05) is 24.4 Å². The van der Waals surface area contributed by atoms with Crippen molar-refractivity contribution in [2.24, 2.45) is 0 Å². The van der Waals surface area contributed by atoms with Crippen LogP contribution in [0, 0.1) is 18.3 Å². The lowest BCUT2D eigenvalue weighted by Gasteiger charge is -2.19. The van der Waals surface area contributed by atoms with Crippen LogP contribution in [0.15, 0.2) is 85.3 Å². The van der Waals surface area contributed by atoms with Gasteiger partial charge in [0.1, 0.15) is 11.6 Å². The van der Waals surface area contributed by atoms with Crippen LogP contribution >= 0.6 is 0 Å². The van der Waals surface area contributed by atoms with Crippen LogP contribution in [0.2, 0.25) is 0 Å². The van der Waals surface area contributed by atoms with E-state index in [1.807, 2.05) is 74.9 Å². The number of carbonyl (C=O) groups is 1. The van der Waals surface area contributed by atoms with Gasteiger partial charge in [-0.25, -0.2) is 4.98 Å². The molecule has 0 aliphatic carbocycles. The molecule has 0 unspecified atom stereocenters. The summed E-state index contributed by atoms with van der Waals surface area (Å²) >= 11 is 0. The number of hydrogen-bond acceptors (Lipinski definition) is 7. The summed E-state index contributed by atoms with van der Waals surface area (Å²) < 4.78 is 5.25. The van der Waals surface area contributed by atoms with Gasteiger partial charge in [0.25, 0.3) is 5.91 Å². The third-order valence-corrected chi connectivity index (χ3v) is 7.27. The fourth-order valence-electron chi connectivity index (χ4n) is 4.64. The number of nitriles is 1. The SMILES string of the molecule is COc1ccc(CN(C)c2cc3ncc(-c4cc(NC(=O)c5ccnc(C(C)(C)C#N)c5)ccc4C)cc3cn2)cc1. The number of anilines is 2. The topological polar surface area (TPSA) is 104 Å². The maximum atomic E-state index is 13.1. The minimum absolute atomic E-state index is 0.269. The zero-order chi connectivity index (χ0) is 29.9. The Morgan fingerprint density at radius 1 is 1.00 bits per heavy atom. The lowest BCUT2D eigenvalue weighted by Crippen LogP contribution is -2.18. The molecule has 0 aliphatic heterocycles. The molecule has 0 fully saturated rings. The zero-order valence-electron chi connectivity index (χ0n) is 24.3. The molecule has 0 atom stereocenters. The molecule has 0 aliphatic rings. The van der Waals surface area contributed by atoms with Gasteiger partial charge in [-0.15, -0.1) is 0 Å². The number of methoxy groups -OCH3 is 1. The molecule has 8 nitrogen and oxygen atoms in total. The average molecular weight is 557 g/mol. The van der Waals surface area contributed by atoms with Crippen LogP contribution in [0.25, 0.3) is 22.0 Å². The molecule has 0 spiro atoms. The fraction of sp³-hybridized carbons (Fsp3) is 0.206. The highest BCUT2D eigenvalue weighted by atomic mass is 16.5. The van der Waals surface area contributed by atoms with Crippen LogP contribution < -0.4 is 15.0 Å². The largest absolute Gasteiger partial charge is 0.497 e. The minimum atomic E-state index is -0.794. The minimum Gasteiger partial charge on any atom is -0.497 e. The molecule has 5 aromatic rings. The number of nitrogens with zero attached hydrogens (tertiary/aromatic N) is 5. The van der Waals surface area contributed by atoms with Crippen LogP contribution in [0.1, 0.15) is 41.0 Å². The van der Waals surface area contributed by atoms with E-state index in [0.717, 1.165) is 44.7 Å². The molecule has 0 saturated carbocycles. The summed E-state index contributed by atoms with van der Waals surface area (Å²) in [5, 5.41) is 13.3. The number of amides is 1. The van der Waals surface area contributed by atoms with Crippen LogP contribution in [0.5, 0.6) is 5.75 Å². The number of rotatable bonds is 8. The Morgan fingerprint density at radius 3 is 2.52 bits per heavy atom. The highest BCUT2D eigenvalue weighted by molar-refractivity contribution is 6.04. The van der Waals surface area contributed by atoms with E-state index in [-0.39, 0.29) is 5.91 Å². The van der Waals surface area contributed by atoms with E-state index in [1.165, 1.54) is 0 Å². The van der Waals surface area contributed by atoms with Gasteiger partial charge in [-0.2, -0.15) is 5.26 Å². The first kappa shape index (κ1) is 28.2. The third-order valence-electron chi connectivity index (χ3n) is 7.27. The molecule has 8 heteroatoms. The summed E-state index contributed by atoms with van der Waals surface area (Å²) in [6.45, 7) is 6.28. The lowest BCUT2D eigenvalue weighted by atomic mass is 9.90. The van der Waals surface area contributed by atoms with Gasteiger partial charge in [-0.05, 0) is 79.9 Å². The quantitative estimate of drug-likeness (QED) is 0.227. The Balaban J connectivity index is 1.35. The van der Waals surface area contributed by atoms with Crippen molar-refractivity contribution >= 4 is 28.3 Å². The van der Waals surface area contributed by atoms with Crippen LogP contribution in [-0.2, 0) is 12.0 Å². The summed E-state index contributed by atoms with van der Waals surface area (Å²) in [5.74, 6) is 1.39. The van der Waals surface area contributed by atoms with Gasteiger partial charge in [0, 0.05) is 60.4 Å².